The minimum Gasteiger partial charge on any atom is -0.361 e. The second kappa shape index (κ2) is 6.96. The van der Waals surface area contributed by atoms with Crippen LogP contribution in [0.5, 0.6) is 0 Å². The standard InChI is InChI=1S/C20H19BrN4O/c1-2-16-19(25-12-14(21)7-8-18(25)24-16)20(26)22-10-9-13-11-23-17-6-4-3-5-15(13)17/h3-8,11-12,23H,2,9-10H2,1H3,(H,22,26). The van der Waals surface area contributed by atoms with E-state index in [0.717, 1.165) is 27.8 Å². The van der Waals surface area contributed by atoms with Crippen LogP contribution in [-0.4, -0.2) is 26.8 Å². The number of hydrogen-bond donors (Lipinski definition) is 2. The van der Waals surface area contributed by atoms with E-state index in [0.29, 0.717) is 18.7 Å². The van der Waals surface area contributed by atoms with Crippen molar-refractivity contribution in [2.75, 3.05) is 6.54 Å². The normalized spacial score (nSPS) is 11.3. The average molecular weight is 411 g/mol. The first-order chi connectivity index (χ1) is 12.7. The lowest BCUT2D eigenvalue weighted by molar-refractivity contribution is 0.0947. The second-order valence-corrected chi connectivity index (χ2v) is 7.12. The molecule has 0 saturated heterocycles. The molecule has 4 rings (SSSR count). The molecule has 5 nitrogen and oxygen atoms in total. The molecule has 0 bridgehead atoms. The smallest absolute Gasteiger partial charge is 0.270 e. The molecular formula is C20H19BrN4O. The zero-order valence-electron chi connectivity index (χ0n) is 14.4. The predicted octanol–water partition coefficient (Wildman–Crippen LogP) is 4.11. The minimum atomic E-state index is -0.0905. The monoisotopic (exact) mass is 410 g/mol. The first kappa shape index (κ1) is 16.8. The van der Waals surface area contributed by atoms with Crippen LogP contribution in [0.15, 0.2) is 53.3 Å². The van der Waals surface area contributed by atoms with Gasteiger partial charge in [-0.2, -0.15) is 0 Å². The second-order valence-electron chi connectivity index (χ2n) is 6.20. The first-order valence-electron chi connectivity index (χ1n) is 8.67. The maximum absolute atomic E-state index is 12.8. The third kappa shape index (κ3) is 3.01. The van der Waals surface area contributed by atoms with E-state index in [1.54, 1.807) is 0 Å². The summed E-state index contributed by atoms with van der Waals surface area (Å²) in [6.07, 6.45) is 5.39. The number of imidazole rings is 1. The summed E-state index contributed by atoms with van der Waals surface area (Å²) in [4.78, 5) is 20.6. The number of halogens is 1. The van der Waals surface area contributed by atoms with Gasteiger partial charge in [-0.3, -0.25) is 9.20 Å². The van der Waals surface area contributed by atoms with Gasteiger partial charge in [0.25, 0.3) is 5.91 Å². The third-order valence-corrected chi connectivity index (χ3v) is 5.03. The van der Waals surface area contributed by atoms with Crippen LogP contribution in [0.2, 0.25) is 0 Å². The van der Waals surface area contributed by atoms with Gasteiger partial charge >= 0.3 is 0 Å². The molecule has 3 aromatic heterocycles. The third-order valence-electron chi connectivity index (χ3n) is 4.56. The average Bonchev–Trinajstić information content (AvgIpc) is 3.22. The van der Waals surface area contributed by atoms with Crippen molar-refractivity contribution in [2.45, 2.75) is 19.8 Å². The van der Waals surface area contributed by atoms with E-state index in [4.69, 9.17) is 0 Å². The molecule has 0 atom stereocenters. The molecule has 132 valence electrons. The fourth-order valence-electron chi connectivity index (χ4n) is 3.29. The summed E-state index contributed by atoms with van der Waals surface area (Å²) >= 11 is 3.46. The van der Waals surface area contributed by atoms with Crippen molar-refractivity contribution in [3.8, 4) is 0 Å². The van der Waals surface area contributed by atoms with Gasteiger partial charge in [0.2, 0.25) is 0 Å². The number of nitrogens with zero attached hydrogens (tertiary/aromatic N) is 2. The van der Waals surface area contributed by atoms with Gasteiger partial charge in [0.1, 0.15) is 11.3 Å². The molecule has 1 aromatic carbocycles. The minimum absolute atomic E-state index is 0.0905. The molecule has 0 aliphatic heterocycles. The Kier molecular flexibility index (Phi) is 4.51. The molecule has 4 aromatic rings. The predicted molar refractivity (Wildman–Crippen MR) is 107 cm³/mol. The topological polar surface area (TPSA) is 62.2 Å². The zero-order chi connectivity index (χ0) is 18.1. The molecule has 0 aliphatic carbocycles. The highest BCUT2D eigenvalue weighted by Gasteiger charge is 2.18. The summed E-state index contributed by atoms with van der Waals surface area (Å²) < 4.78 is 2.77. The number of rotatable bonds is 5. The van der Waals surface area contributed by atoms with Crippen molar-refractivity contribution in [1.82, 2.24) is 19.7 Å². The van der Waals surface area contributed by atoms with Gasteiger partial charge in [0.05, 0.1) is 5.69 Å². The molecule has 0 radical (unpaired) electrons. The Morgan fingerprint density at radius 3 is 2.96 bits per heavy atom. The van der Waals surface area contributed by atoms with Crippen molar-refractivity contribution >= 4 is 38.4 Å². The Balaban J connectivity index is 1.53. The van der Waals surface area contributed by atoms with Crippen LogP contribution in [0.3, 0.4) is 0 Å². The summed E-state index contributed by atoms with van der Waals surface area (Å²) in [5.74, 6) is -0.0905. The number of para-hydroxylation sites is 1. The molecule has 3 heterocycles. The number of nitrogens with one attached hydrogen (secondary N) is 2. The maximum atomic E-state index is 12.8. The summed E-state index contributed by atoms with van der Waals surface area (Å²) in [5, 5.41) is 4.25. The van der Waals surface area contributed by atoms with Crippen LogP contribution in [-0.2, 0) is 12.8 Å². The molecule has 0 fully saturated rings. The molecule has 1 amide bonds. The molecular weight excluding hydrogens is 392 g/mol. The molecule has 0 aliphatic rings. The van der Waals surface area contributed by atoms with Crippen LogP contribution in [0, 0.1) is 0 Å². The van der Waals surface area contributed by atoms with E-state index >= 15 is 0 Å². The van der Waals surface area contributed by atoms with Crippen LogP contribution >= 0.6 is 15.9 Å². The largest absolute Gasteiger partial charge is 0.361 e. The quantitative estimate of drug-likeness (QED) is 0.519. The van der Waals surface area contributed by atoms with Crippen molar-refractivity contribution in [3.63, 3.8) is 0 Å². The Bertz CT molecular complexity index is 1100. The van der Waals surface area contributed by atoms with Crippen LogP contribution in [0.25, 0.3) is 16.6 Å². The Morgan fingerprint density at radius 1 is 1.27 bits per heavy atom. The Labute approximate surface area is 159 Å². The van der Waals surface area contributed by atoms with Gasteiger partial charge in [-0.1, -0.05) is 25.1 Å². The lowest BCUT2D eigenvalue weighted by atomic mass is 10.1. The van der Waals surface area contributed by atoms with Crippen molar-refractivity contribution < 1.29 is 4.79 Å². The number of H-pyrrole nitrogens is 1. The first-order valence-corrected chi connectivity index (χ1v) is 9.46. The van der Waals surface area contributed by atoms with Gasteiger partial charge < -0.3 is 10.3 Å². The van der Waals surface area contributed by atoms with Gasteiger partial charge in [0, 0.05) is 34.3 Å². The number of aromatic amines is 1. The highest BCUT2D eigenvalue weighted by molar-refractivity contribution is 9.10. The van der Waals surface area contributed by atoms with E-state index in [2.05, 4.69) is 43.3 Å². The van der Waals surface area contributed by atoms with Gasteiger partial charge in [0.15, 0.2) is 0 Å². The number of amides is 1. The molecule has 2 N–H and O–H groups in total. The number of aromatic nitrogens is 3. The lowest BCUT2D eigenvalue weighted by Crippen LogP contribution is -2.27. The number of carbonyl (C=O) groups excluding carboxylic acids is 1. The Hall–Kier alpha value is -2.60. The van der Waals surface area contributed by atoms with Crippen LogP contribution in [0.4, 0.5) is 0 Å². The van der Waals surface area contributed by atoms with E-state index in [1.165, 1.54) is 10.9 Å². The molecule has 0 saturated carbocycles. The fourth-order valence-corrected chi connectivity index (χ4v) is 3.62. The number of benzene rings is 1. The number of aryl methyl sites for hydroxylation is 1. The van der Waals surface area contributed by atoms with Crippen molar-refractivity contribution in [2.24, 2.45) is 0 Å². The molecule has 0 spiro atoms. The number of fused-ring (bicyclic) bond motifs is 2. The van der Waals surface area contributed by atoms with Crippen LogP contribution < -0.4 is 5.32 Å². The Morgan fingerprint density at radius 2 is 2.12 bits per heavy atom. The van der Waals surface area contributed by atoms with Crippen molar-refractivity contribution in [3.05, 3.63) is 70.2 Å². The fraction of sp³-hybridized carbons (Fsp3) is 0.200. The SMILES string of the molecule is CCc1nc2ccc(Br)cn2c1C(=O)NCCc1c[nH]c2ccccc12. The maximum Gasteiger partial charge on any atom is 0.270 e. The highest BCUT2D eigenvalue weighted by Crippen LogP contribution is 2.19. The summed E-state index contributed by atoms with van der Waals surface area (Å²) in [7, 11) is 0. The van der Waals surface area contributed by atoms with E-state index < -0.39 is 0 Å². The van der Waals surface area contributed by atoms with Crippen LogP contribution in [0.1, 0.15) is 28.7 Å². The number of carbonyl (C=O) groups is 1. The van der Waals surface area contributed by atoms with E-state index in [9.17, 15) is 4.79 Å². The molecule has 6 heteroatoms. The summed E-state index contributed by atoms with van der Waals surface area (Å²) in [6.45, 7) is 2.59. The summed E-state index contributed by atoms with van der Waals surface area (Å²) in [6, 6.07) is 12.0. The van der Waals surface area contributed by atoms with E-state index in [-0.39, 0.29) is 5.91 Å². The summed E-state index contributed by atoms with van der Waals surface area (Å²) in [5.41, 5.74) is 4.54. The molecule has 26 heavy (non-hydrogen) atoms. The van der Waals surface area contributed by atoms with Gasteiger partial charge in [-0.05, 0) is 52.5 Å². The number of hydrogen-bond acceptors (Lipinski definition) is 2. The zero-order valence-corrected chi connectivity index (χ0v) is 16.0. The van der Waals surface area contributed by atoms with Gasteiger partial charge in [-0.15, -0.1) is 0 Å². The molecule has 0 unspecified atom stereocenters. The van der Waals surface area contributed by atoms with Gasteiger partial charge in [-0.25, -0.2) is 4.98 Å². The lowest BCUT2D eigenvalue weighted by Gasteiger charge is -2.07. The number of pyridine rings is 1. The highest BCUT2D eigenvalue weighted by atomic mass is 79.9. The van der Waals surface area contributed by atoms with E-state index in [1.807, 2.05) is 48.0 Å². The van der Waals surface area contributed by atoms with Crippen molar-refractivity contribution in [1.29, 1.82) is 0 Å².